The summed E-state index contributed by atoms with van der Waals surface area (Å²) >= 11 is 0. The van der Waals surface area contributed by atoms with E-state index < -0.39 is 0 Å². The van der Waals surface area contributed by atoms with E-state index in [0.717, 1.165) is 34.3 Å². The van der Waals surface area contributed by atoms with Gasteiger partial charge >= 0.3 is 0 Å². The maximum Gasteiger partial charge on any atom is 0.136 e. The molecule has 0 N–H and O–H groups in total. The number of furan rings is 1. The molecule has 0 amide bonds. The summed E-state index contributed by atoms with van der Waals surface area (Å²) in [5.74, 6) is 1.53. The van der Waals surface area contributed by atoms with Gasteiger partial charge in [-0.2, -0.15) is 0 Å². The van der Waals surface area contributed by atoms with Crippen LogP contribution in [0.25, 0.3) is 33.2 Å². The van der Waals surface area contributed by atoms with E-state index in [0.29, 0.717) is 0 Å². The van der Waals surface area contributed by atoms with Gasteiger partial charge in [-0.1, -0.05) is 24.3 Å². The molecule has 0 saturated heterocycles. The number of rotatable bonds is 1. The van der Waals surface area contributed by atoms with Crippen LogP contribution in [0.1, 0.15) is 42.2 Å². The Morgan fingerprint density at radius 2 is 1.67 bits per heavy atom. The number of fused-ring (bicyclic) bond motifs is 8. The Kier molecular flexibility index (Phi) is 2.38. The minimum atomic E-state index is 0.765. The molecule has 0 radical (unpaired) electrons. The smallest absolute Gasteiger partial charge is 0.136 e. The summed E-state index contributed by atoms with van der Waals surface area (Å²) in [6.07, 6.45) is 6.16. The van der Waals surface area contributed by atoms with E-state index in [1.54, 1.807) is 5.56 Å². The van der Waals surface area contributed by atoms with Crippen LogP contribution in [0.4, 0.5) is 0 Å². The Balaban J connectivity index is 1.52. The molecule has 2 heteroatoms. The van der Waals surface area contributed by atoms with E-state index in [1.165, 1.54) is 35.6 Å². The molecule has 0 spiro atoms. The van der Waals surface area contributed by atoms with Crippen LogP contribution in [-0.2, 0) is 0 Å². The molecule has 116 valence electrons. The van der Waals surface area contributed by atoms with Crippen LogP contribution >= 0.6 is 0 Å². The molecule has 2 nitrogen and oxygen atoms in total. The quantitative estimate of drug-likeness (QED) is 0.430. The average Bonchev–Trinajstić information content (AvgIpc) is 3.33. The number of hydrogen-bond acceptors (Lipinski definition) is 2. The molecule has 2 bridgehead atoms. The number of nitrogens with zero attached hydrogens (tertiary/aromatic N) is 1. The third kappa shape index (κ3) is 1.63. The molecule has 1 fully saturated rings. The fraction of sp³-hybridized carbons (Fsp3) is 0.227. The van der Waals surface area contributed by atoms with Crippen molar-refractivity contribution in [1.82, 2.24) is 4.98 Å². The van der Waals surface area contributed by atoms with Crippen molar-refractivity contribution in [2.24, 2.45) is 0 Å². The normalized spacial score (nSPS) is 21.7. The molecule has 2 atom stereocenters. The summed E-state index contributed by atoms with van der Waals surface area (Å²) in [6, 6.07) is 17.0. The van der Waals surface area contributed by atoms with E-state index >= 15 is 0 Å². The van der Waals surface area contributed by atoms with Gasteiger partial charge in [0.25, 0.3) is 0 Å². The molecule has 2 aromatic heterocycles. The Labute approximate surface area is 140 Å². The van der Waals surface area contributed by atoms with Gasteiger partial charge in [0.1, 0.15) is 11.2 Å². The number of para-hydroxylation sites is 1. The number of benzene rings is 2. The first-order chi connectivity index (χ1) is 11.9. The summed E-state index contributed by atoms with van der Waals surface area (Å²) in [4.78, 5) is 4.76. The summed E-state index contributed by atoms with van der Waals surface area (Å²) < 4.78 is 6.03. The van der Waals surface area contributed by atoms with Gasteiger partial charge in [0.05, 0.1) is 5.69 Å². The minimum absolute atomic E-state index is 0.765. The van der Waals surface area contributed by atoms with Crippen molar-refractivity contribution < 1.29 is 4.42 Å². The molecular weight excluding hydrogens is 294 g/mol. The van der Waals surface area contributed by atoms with Crippen LogP contribution in [0.2, 0.25) is 0 Å². The van der Waals surface area contributed by atoms with Gasteiger partial charge in [-0.3, -0.25) is 4.98 Å². The first kappa shape index (κ1) is 12.8. The first-order valence-corrected chi connectivity index (χ1v) is 8.78. The number of pyridine rings is 1. The van der Waals surface area contributed by atoms with E-state index in [9.17, 15) is 0 Å². The van der Waals surface area contributed by atoms with Gasteiger partial charge in [0.15, 0.2) is 0 Å². The highest BCUT2D eigenvalue weighted by molar-refractivity contribution is 6.05. The van der Waals surface area contributed by atoms with E-state index in [1.807, 2.05) is 12.1 Å². The molecule has 2 unspecified atom stereocenters. The van der Waals surface area contributed by atoms with Crippen molar-refractivity contribution in [1.29, 1.82) is 0 Å². The Hall–Kier alpha value is -2.61. The maximum atomic E-state index is 6.03. The van der Waals surface area contributed by atoms with Gasteiger partial charge in [-0.05, 0) is 66.5 Å². The van der Waals surface area contributed by atoms with E-state index in [-0.39, 0.29) is 0 Å². The number of hydrogen-bond donors (Lipinski definition) is 0. The molecule has 4 aromatic rings. The second-order valence-electron chi connectivity index (χ2n) is 7.21. The van der Waals surface area contributed by atoms with Gasteiger partial charge in [0.2, 0.25) is 0 Å². The molecule has 1 saturated carbocycles. The van der Waals surface area contributed by atoms with Gasteiger partial charge in [-0.25, -0.2) is 0 Å². The van der Waals surface area contributed by atoms with Crippen LogP contribution in [0.15, 0.2) is 59.1 Å². The van der Waals surface area contributed by atoms with Crippen molar-refractivity contribution >= 4 is 21.9 Å². The van der Waals surface area contributed by atoms with Crippen LogP contribution < -0.4 is 0 Å². The van der Waals surface area contributed by atoms with E-state index in [2.05, 4.69) is 42.6 Å². The lowest BCUT2D eigenvalue weighted by Gasteiger charge is -2.15. The van der Waals surface area contributed by atoms with Crippen molar-refractivity contribution in [3.63, 3.8) is 0 Å². The largest absolute Gasteiger partial charge is 0.456 e. The molecule has 0 aliphatic heterocycles. The third-order valence-corrected chi connectivity index (χ3v) is 5.96. The molecule has 2 aromatic carbocycles. The Bertz CT molecular complexity index is 1110. The average molecular weight is 311 g/mol. The highest BCUT2D eigenvalue weighted by Crippen LogP contribution is 2.53. The number of aromatic nitrogens is 1. The summed E-state index contributed by atoms with van der Waals surface area (Å²) in [5, 5.41) is 2.35. The van der Waals surface area contributed by atoms with Gasteiger partial charge in [-0.15, -0.1) is 0 Å². The fourth-order valence-electron chi connectivity index (χ4n) is 4.77. The van der Waals surface area contributed by atoms with Crippen molar-refractivity contribution in [3.05, 3.63) is 65.9 Å². The van der Waals surface area contributed by atoms with Crippen LogP contribution in [-0.4, -0.2) is 4.98 Å². The van der Waals surface area contributed by atoms with Crippen molar-refractivity contribution in [2.75, 3.05) is 0 Å². The zero-order valence-electron chi connectivity index (χ0n) is 13.3. The monoisotopic (exact) mass is 311 g/mol. The lowest BCUT2D eigenvalue weighted by Crippen LogP contribution is -1.99. The maximum absolute atomic E-state index is 6.03. The lowest BCUT2D eigenvalue weighted by molar-refractivity contribution is 0.669. The van der Waals surface area contributed by atoms with E-state index in [4.69, 9.17) is 9.40 Å². The van der Waals surface area contributed by atoms with Crippen molar-refractivity contribution in [2.45, 2.75) is 31.1 Å². The molecule has 2 aliphatic rings. The second-order valence-corrected chi connectivity index (χ2v) is 7.21. The zero-order valence-corrected chi connectivity index (χ0v) is 13.3. The Morgan fingerprint density at radius 3 is 2.62 bits per heavy atom. The van der Waals surface area contributed by atoms with Gasteiger partial charge in [0, 0.05) is 22.5 Å². The standard InChI is InChI=1S/C22H17NO/c1-2-4-21-16(3-1)17-8-7-15(10-22(17)24-21)20-11-18-13-5-6-14(9-13)19(18)12-23-20/h1-4,7-8,10-14H,5-6,9H2. The zero-order chi connectivity index (χ0) is 15.7. The summed E-state index contributed by atoms with van der Waals surface area (Å²) in [7, 11) is 0. The second kappa shape index (κ2) is 4.47. The SMILES string of the molecule is c1ccc2c(c1)oc1cc(-c3cc4c(cn3)C3CCC4C3)ccc12. The van der Waals surface area contributed by atoms with Crippen LogP contribution in [0, 0.1) is 0 Å². The molecule has 2 heterocycles. The highest BCUT2D eigenvalue weighted by atomic mass is 16.3. The van der Waals surface area contributed by atoms with Crippen molar-refractivity contribution in [3.8, 4) is 11.3 Å². The summed E-state index contributed by atoms with van der Waals surface area (Å²) in [6.45, 7) is 0. The highest BCUT2D eigenvalue weighted by Gasteiger charge is 2.37. The minimum Gasteiger partial charge on any atom is -0.456 e. The fourth-order valence-corrected chi connectivity index (χ4v) is 4.77. The predicted molar refractivity (Wildman–Crippen MR) is 96.3 cm³/mol. The molecule has 24 heavy (non-hydrogen) atoms. The lowest BCUT2D eigenvalue weighted by atomic mass is 9.92. The summed E-state index contributed by atoms with van der Waals surface area (Å²) in [5.41, 5.74) is 7.15. The molecular formula is C22H17NO. The molecule has 2 aliphatic carbocycles. The Morgan fingerprint density at radius 1 is 0.833 bits per heavy atom. The van der Waals surface area contributed by atoms with Crippen LogP contribution in [0.3, 0.4) is 0 Å². The van der Waals surface area contributed by atoms with Gasteiger partial charge < -0.3 is 4.42 Å². The molecule has 6 rings (SSSR count). The van der Waals surface area contributed by atoms with Crippen LogP contribution in [0.5, 0.6) is 0 Å². The first-order valence-electron chi connectivity index (χ1n) is 8.78. The topological polar surface area (TPSA) is 26.0 Å². The third-order valence-electron chi connectivity index (χ3n) is 5.96. The predicted octanol–water partition coefficient (Wildman–Crippen LogP) is 6.01.